The molecule has 2 aliphatic rings. The second-order valence-corrected chi connectivity index (χ2v) is 4.87. The normalized spacial score (nSPS) is 30.0. The maximum Gasteiger partial charge on any atom is 0.177 e. The zero-order valence-electron chi connectivity index (χ0n) is 9.64. The Morgan fingerprint density at radius 2 is 2.00 bits per heavy atom. The Labute approximate surface area is 96.3 Å². The van der Waals surface area contributed by atoms with Gasteiger partial charge < -0.3 is 5.21 Å². The monoisotopic (exact) mass is 224 g/mol. The molecule has 0 saturated carbocycles. The molecule has 4 heteroatoms. The van der Waals surface area contributed by atoms with Gasteiger partial charge in [0.05, 0.1) is 0 Å². The fraction of sp³-hybridized carbons (Fsp3) is 0.833. The van der Waals surface area contributed by atoms with Gasteiger partial charge in [-0.15, -0.1) is 0 Å². The molecular formula is C12H20N2O2. The standard InChI is InChI=1S/C12H20N2O2/c15-12(9-13-16)5-2-8-14-10-3-1-4-11(14)7-6-10/h9-11,16H,1-8H2/b13-9+. The number of ketones is 1. The zero-order chi connectivity index (χ0) is 11.4. The Kier molecular flexibility index (Phi) is 3.93. The van der Waals surface area contributed by atoms with Crippen LogP contribution >= 0.6 is 0 Å². The number of Topliss-reactive ketones (excluding diaryl/α,β-unsaturated/α-hetero) is 1. The Morgan fingerprint density at radius 1 is 1.31 bits per heavy atom. The lowest BCUT2D eigenvalue weighted by molar-refractivity contribution is -0.112. The molecule has 0 aromatic heterocycles. The number of rotatable bonds is 5. The van der Waals surface area contributed by atoms with Gasteiger partial charge in [-0.1, -0.05) is 11.6 Å². The van der Waals surface area contributed by atoms with Crippen molar-refractivity contribution < 1.29 is 10.0 Å². The summed E-state index contributed by atoms with van der Waals surface area (Å²) in [5, 5.41) is 11.0. The van der Waals surface area contributed by atoms with Gasteiger partial charge in [0.15, 0.2) is 5.78 Å². The van der Waals surface area contributed by atoms with Crippen molar-refractivity contribution in [3.05, 3.63) is 0 Å². The Morgan fingerprint density at radius 3 is 2.62 bits per heavy atom. The van der Waals surface area contributed by atoms with Gasteiger partial charge in [-0.2, -0.15) is 0 Å². The Bertz CT molecular complexity index is 262. The van der Waals surface area contributed by atoms with Crippen LogP contribution in [0, 0.1) is 0 Å². The zero-order valence-corrected chi connectivity index (χ0v) is 9.64. The molecule has 1 N–H and O–H groups in total. The van der Waals surface area contributed by atoms with Crippen molar-refractivity contribution in [2.24, 2.45) is 5.16 Å². The van der Waals surface area contributed by atoms with Crippen LogP contribution < -0.4 is 0 Å². The molecule has 0 aliphatic carbocycles. The van der Waals surface area contributed by atoms with Gasteiger partial charge >= 0.3 is 0 Å². The molecule has 4 nitrogen and oxygen atoms in total. The van der Waals surface area contributed by atoms with E-state index in [9.17, 15) is 4.79 Å². The van der Waals surface area contributed by atoms with Gasteiger partial charge in [0.2, 0.25) is 0 Å². The highest BCUT2D eigenvalue weighted by molar-refractivity contribution is 6.27. The second-order valence-electron chi connectivity index (χ2n) is 4.87. The number of carbonyl (C=O) groups is 1. The van der Waals surface area contributed by atoms with Crippen LogP contribution in [0.3, 0.4) is 0 Å². The minimum atomic E-state index is -0.0770. The smallest absolute Gasteiger partial charge is 0.177 e. The number of piperidine rings is 1. The van der Waals surface area contributed by atoms with E-state index in [4.69, 9.17) is 5.21 Å². The van der Waals surface area contributed by atoms with Gasteiger partial charge in [0.1, 0.15) is 6.21 Å². The van der Waals surface area contributed by atoms with E-state index in [2.05, 4.69) is 10.1 Å². The van der Waals surface area contributed by atoms with Crippen LogP contribution in [0.4, 0.5) is 0 Å². The summed E-state index contributed by atoms with van der Waals surface area (Å²) in [4.78, 5) is 13.7. The molecule has 0 aromatic carbocycles. The number of hydrogen-bond acceptors (Lipinski definition) is 4. The Balaban J connectivity index is 1.72. The first-order valence-electron chi connectivity index (χ1n) is 6.27. The molecule has 90 valence electrons. The average molecular weight is 224 g/mol. The van der Waals surface area contributed by atoms with Crippen LogP contribution in [0.15, 0.2) is 5.16 Å². The SMILES string of the molecule is O=C(/C=N/O)CCCN1C2CCCC1CC2. The number of oxime groups is 1. The summed E-state index contributed by atoms with van der Waals surface area (Å²) in [6.45, 7) is 1.03. The van der Waals surface area contributed by atoms with Crippen LogP contribution in [-0.4, -0.2) is 40.7 Å². The van der Waals surface area contributed by atoms with Crippen LogP contribution in [-0.2, 0) is 4.79 Å². The van der Waals surface area contributed by atoms with Crippen LogP contribution in [0.2, 0.25) is 0 Å². The molecule has 2 atom stereocenters. The molecule has 2 rings (SSSR count). The molecule has 0 radical (unpaired) electrons. The van der Waals surface area contributed by atoms with Crippen molar-refractivity contribution in [3.63, 3.8) is 0 Å². The van der Waals surface area contributed by atoms with Gasteiger partial charge in [-0.25, -0.2) is 0 Å². The number of fused-ring (bicyclic) bond motifs is 2. The van der Waals surface area contributed by atoms with E-state index < -0.39 is 0 Å². The Hall–Kier alpha value is -0.900. The molecule has 2 heterocycles. The van der Waals surface area contributed by atoms with Gasteiger partial charge in [-0.3, -0.25) is 9.69 Å². The predicted molar refractivity (Wildman–Crippen MR) is 61.9 cm³/mol. The lowest BCUT2D eigenvalue weighted by Gasteiger charge is -2.34. The molecule has 0 spiro atoms. The van der Waals surface area contributed by atoms with Crippen LogP contribution in [0.25, 0.3) is 0 Å². The van der Waals surface area contributed by atoms with Crippen molar-refractivity contribution in [3.8, 4) is 0 Å². The van der Waals surface area contributed by atoms with E-state index in [0.717, 1.165) is 31.3 Å². The molecule has 2 bridgehead atoms. The van der Waals surface area contributed by atoms with E-state index in [1.807, 2.05) is 0 Å². The number of hydrogen-bond donors (Lipinski definition) is 1. The topological polar surface area (TPSA) is 52.9 Å². The third-order valence-corrected chi connectivity index (χ3v) is 3.89. The quantitative estimate of drug-likeness (QED) is 0.440. The summed E-state index contributed by atoms with van der Waals surface area (Å²) >= 11 is 0. The molecule has 0 aromatic rings. The minimum Gasteiger partial charge on any atom is -0.411 e. The van der Waals surface area contributed by atoms with E-state index in [1.165, 1.54) is 32.1 Å². The first kappa shape index (κ1) is 11.6. The summed E-state index contributed by atoms with van der Waals surface area (Å²) < 4.78 is 0. The van der Waals surface area contributed by atoms with Crippen molar-refractivity contribution in [1.29, 1.82) is 0 Å². The molecular weight excluding hydrogens is 204 g/mol. The first-order chi connectivity index (χ1) is 7.81. The lowest BCUT2D eigenvalue weighted by Crippen LogP contribution is -2.40. The van der Waals surface area contributed by atoms with Crippen LogP contribution in [0.1, 0.15) is 44.9 Å². The summed E-state index contributed by atoms with van der Waals surface area (Å²) in [7, 11) is 0. The van der Waals surface area contributed by atoms with Crippen molar-refractivity contribution >= 4 is 12.0 Å². The first-order valence-corrected chi connectivity index (χ1v) is 6.27. The molecule has 2 fully saturated rings. The molecule has 2 saturated heterocycles. The van der Waals surface area contributed by atoms with Crippen molar-refractivity contribution in [2.75, 3.05) is 6.54 Å². The van der Waals surface area contributed by atoms with Crippen molar-refractivity contribution in [2.45, 2.75) is 57.0 Å². The van der Waals surface area contributed by atoms with E-state index >= 15 is 0 Å². The third kappa shape index (κ3) is 2.61. The highest BCUT2D eigenvalue weighted by Gasteiger charge is 2.35. The summed E-state index contributed by atoms with van der Waals surface area (Å²) in [5.74, 6) is -0.0770. The lowest BCUT2D eigenvalue weighted by atomic mass is 10.0. The minimum absolute atomic E-state index is 0.0770. The van der Waals surface area contributed by atoms with Crippen molar-refractivity contribution in [1.82, 2.24) is 4.90 Å². The predicted octanol–water partition coefficient (Wildman–Crippen LogP) is 1.81. The average Bonchev–Trinajstić information content (AvgIpc) is 2.50. The summed E-state index contributed by atoms with van der Waals surface area (Å²) in [6.07, 6.45) is 9.13. The van der Waals surface area contributed by atoms with Crippen LogP contribution in [0.5, 0.6) is 0 Å². The third-order valence-electron chi connectivity index (χ3n) is 3.89. The van der Waals surface area contributed by atoms with E-state index in [-0.39, 0.29) is 5.78 Å². The van der Waals surface area contributed by atoms with Gasteiger partial charge in [0.25, 0.3) is 0 Å². The molecule has 0 amide bonds. The fourth-order valence-corrected chi connectivity index (χ4v) is 3.15. The van der Waals surface area contributed by atoms with E-state index in [0.29, 0.717) is 6.42 Å². The maximum absolute atomic E-state index is 11.1. The van der Waals surface area contributed by atoms with E-state index in [1.54, 1.807) is 0 Å². The fourth-order valence-electron chi connectivity index (χ4n) is 3.15. The molecule has 2 unspecified atom stereocenters. The van der Waals surface area contributed by atoms with Gasteiger partial charge in [0, 0.05) is 18.5 Å². The largest absolute Gasteiger partial charge is 0.411 e. The maximum atomic E-state index is 11.1. The molecule has 16 heavy (non-hydrogen) atoms. The number of nitrogens with zero attached hydrogens (tertiary/aromatic N) is 2. The van der Waals surface area contributed by atoms with Gasteiger partial charge in [-0.05, 0) is 38.6 Å². The highest BCUT2D eigenvalue weighted by atomic mass is 16.4. The summed E-state index contributed by atoms with van der Waals surface area (Å²) in [6, 6.07) is 1.56. The second kappa shape index (κ2) is 5.43. The molecule has 2 aliphatic heterocycles. The number of carbonyl (C=O) groups excluding carboxylic acids is 1. The highest BCUT2D eigenvalue weighted by Crippen LogP contribution is 2.35. The summed E-state index contributed by atoms with van der Waals surface area (Å²) in [5.41, 5.74) is 0.